The maximum Gasteiger partial charge on any atom is 0.327 e. The summed E-state index contributed by atoms with van der Waals surface area (Å²) >= 11 is 0. The van der Waals surface area contributed by atoms with Crippen LogP contribution in [0.25, 0.3) is 0 Å². The third-order valence-corrected chi connectivity index (χ3v) is 3.76. The first-order valence-electron chi connectivity index (χ1n) is 8.25. The molecular formula is C18H30N2O2. The first kappa shape index (κ1) is 18.5. The van der Waals surface area contributed by atoms with Crippen LogP contribution in [0.2, 0.25) is 0 Å². The van der Waals surface area contributed by atoms with Gasteiger partial charge in [-0.15, -0.1) is 0 Å². The highest BCUT2D eigenvalue weighted by molar-refractivity contribution is 5.77. The Labute approximate surface area is 134 Å². The van der Waals surface area contributed by atoms with Gasteiger partial charge in [0, 0.05) is 19.8 Å². The van der Waals surface area contributed by atoms with Crippen LogP contribution in [0.3, 0.4) is 0 Å². The third-order valence-electron chi connectivity index (χ3n) is 3.76. The zero-order chi connectivity index (χ0) is 16.4. The van der Waals surface area contributed by atoms with Crippen molar-refractivity contribution in [1.29, 1.82) is 0 Å². The van der Waals surface area contributed by atoms with Crippen LogP contribution in [-0.4, -0.2) is 26.7 Å². The molecule has 4 heteroatoms. The molecule has 0 unspecified atom stereocenters. The summed E-state index contributed by atoms with van der Waals surface area (Å²) in [6.07, 6.45) is 7.04. The van der Waals surface area contributed by atoms with E-state index in [9.17, 15) is 4.79 Å². The van der Waals surface area contributed by atoms with E-state index in [4.69, 9.17) is 10.5 Å². The minimum atomic E-state index is -0.698. The van der Waals surface area contributed by atoms with Crippen LogP contribution >= 0.6 is 0 Å². The van der Waals surface area contributed by atoms with E-state index in [0.29, 0.717) is 6.61 Å². The van der Waals surface area contributed by atoms with E-state index in [1.165, 1.54) is 25.7 Å². The Kier molecular flexibility index (Phi) is 8.60. The van der Waals surface area contributed by atoms with E-state index in [0.717, 1.165) is 24.1 Å². The predicted octanol–water partition coefficient (Wildman–Crippen LogP) is 3.66. The lowest BCUT2D eigenvalue weighted by Gasteiger charge is -2.15. The number of unbranched alkanes of at least 4 members (excludes halogenated alkanes) is 5. The summed E-state index contributed by atoms with van der Waals surface area (Å²) in [6.45, 7) is 2.67. The number of esters is 1. The van der Waals surface area contributed by atoms with Gasteiger partial charge in [0.05, 0.1) is 6.61 Å². The minimum Gasteiger partial charge on any atom is -0.464 e. The highest BCUT2D eigenvalue weighted by Gasteiger charge is 2.17. The number of nitrogens with zero attached hydrogens (tertiary/aromatic N) is 1. The van der Waals surface area contributed by atoms with Crippen LogP contribution in [0.15, 0.2) is 24.3 Å². The molecule has 0 heterocycles. The maximum atomic E-state index is 11.9. The summed E-state index contributed by atoms with van der Waals surface area (Å²) in [5.74, 6) is -0.342. The average Bonchev–Trinajstić information content (AvgIpc) is 2.53. The van der Waals surface area contributed by atoms with Crippen molar-refractivity contribution in [2.24, 2.45) is 5.73 Å². The van der Waals surface area contributed by atoms with Gasteiger partial charge in [0.25, 0.3) is 0 Å². The van der Waals surface area contributed by atoms with Gasteiger partial charge in [-0.1, -0.05) is 51.2 Å². The molecular weight excluding hydrogens is 276 g/mol. The van der Waals surface area contributed by atoms with E-state index >= 15 is 0 Å². The summed E-state index contributed by atoms with van der Waals surface area (Å²) in [5, 5.41) is 0. The van der Waals surface area contributed by atoms with Gasteiger partial charge in [0.2, 0.25) is 0 Å². The predicted molar refractivity (Wildman–Crippen MR) is 92.0 cm³/mol. The van der Waals surface area contributed by atoms with Gasteiger partial charge in [0.15, 0.2) is 0 Å². The summed E-state index contributed by atoms with van der Waals surface area (Å²) in [6, 6.07) is 6.97. The number of hydrogen-bond acceptors (Lipinski definition) is 4. The van der Waals surface area contributed by atoms with Crippen LogP contribution in [0.5, 0.6) is 0 Å². The molecule has 1 atom stereocenters. The third kappa shape index (κ3) is 6.48. The molecule has 0 aliphatic carbocycles. The SMILES string of the molecule is CCCCCCCCOC(=O)[C@H](N)c1ccc(N(C)C)cc1. The number of hydrogen-bond donors (Lipinski definition) is 1. The van der Waals surface area contributed by atoms with Crippen molar-refractivity contribution in [3.8, 4) is 0 Å². The molecule has 0 saturated carbocycles. The van der Waals surface area contributed by atoms with Crippen LogP contribution in [-0.2, 0) is 9.53 Å². The molecule has 0 aliphatic heterocycles. The van der Waals surface area contributed by atoms with E-state index in [1.54, 1.807) is 0 Å². The molecule has 1 aromatic carbocycles. The van der Waals surface area contributed by atoms with Crippen LogP contribution in [0.4, 0.5) is 5.69 Å². The van der Waals surface area contributed by atoms with Crippen LogP contribution in [0, 0.1) is 0 Å². The van der Waals surface area contributed by atoms with E-state index < -0.39 is 6.04 Å². The monoisotopic (exact) mass is 306 g/mol. The largest absolute Gasteiger partial charge is 0.464 e. The Morgan fingerprint density at radius 2 is 1.68 bits per heavy atom. The molecule has 0 aromatic heterocycles. The average molecular weight is 306 g/mol. The van der Waals surface area contributed by atoms with Crippen molar-refractivity contribution in [3.05, 3.63) is 29.8 Å². The molecule has 0 radical (unpaired) electrons. The minimum absolute atomic E-state index is 0.342. The van der Waals surface area contributed by atoms with E-state index in [1.807, 2.05) is 43.3 Å². The van der Waals surface area contributed by atoms with Crippen LogP contribution < -0.4 is 10.6 Å². The summed E-state index contributed by atoms with van der Waals surface area (Å²) < 4.78 is 5.27. The van der Waals surface area contributed by atoms with Crippen molar-refractivity contribution in [1.82, 2.24) is 0 Å². The van der Waals surface area contributed by atoms with Gasteiger partial charge < -0.3 is 15.4 Å². The summed E-state index contributed by atoms with van der Waals surface area (Å²) in [7, 11) is 3.95. The first-order chi connectivity index (χ1) is 10.6. The lowest BCUT2D eigenvalue weighted by Crippen LogP contribution is -2.24. The van der Waals surface area contributed by atoms with Gasteiger partial charge in [-0.05, 0) is 24.1 Å². The molecule has 0 bridgehead atoms. The maximum absolute atomic E-state index is 11.9. The molecule has 22 heavy (non-hydrogen) atoms. The van der Waals surface area contributed by atoms with E-state index in [-0.39, 0.29) is 5.97 Å². The van der Waals surface area contributed by atoms with Gasteiger partial charge in [-0.3, -0.25) is 0 Å². The normalized spacial score (nSPS) is 12.0. The van der Waals surface area contributed by atoms with Gasteiger partial charge in [0.1, 0.15) is 6.04 Å². The molecule has 0 aliphatic rings. The number of anilines is 1. The second-order valence-electron chi connectivity index (χ2n) is 5.90. The number of ether oxygens (including phenoxy) is 1. The molecule has 1 rings (SSSR count). The topological polar surface area (TPSA) is 55.6 Å². The molecule has 124 valence electrons. The van der Waals surface area contributed by atoms with Gasteiger partial charge in [-0.25, -0.2) is 4.79 Å². The molecule has 4 nitrogen and oxygen atoms in total. The zero-order valence-corrected chi connectivity index (χ0v) is 14.2. The molecule has 0 saturated heterocycles. The highest BCUT2D eigenvalue weighted by Crippen LogP contribution is 2.17. The fourth-order valence-electron chi connectivity index (χ4n) is 2.26. The van der Waals surface area contributed by atoms with Crippen molar-refractivity contribution in [2.45, 2.75) is 51.5 Å². The molecule has 1 aromatic rings. The summed E-state index contributed by atoms with van der Waals surface area (Å²) in [4.78, 5) is 13.9. The second kappa shape index (κ2) is 10.2. The number of carbonyl (C=O) groups is 1. The Bertz CT molecular complexity index is 429. The number of carbonyl (C=O) groups excluding carboxylic acids is 1. The van der Waals surface area contributed by atoms with Crippen molar-refractivity contribution in [3.63, 3.8) is 0 Å². The fraction of sp³-hybridized carbons (Fsp3) is 0.611. The number of nitrogens with two attached hydrogens (primary N) is 1. The zero-order valence-electron chi connectivity index (χ0n) is 14.2. The first-order valence-corrected chi connectivity index (χ1v) is 8.25. The Morgan fingerprint density at radius 1 is 1.09 bits per heavy atom. The Balaban J connectivity index is 2.29. The lowest BCUT2D eigenvalue weighted by molar-refractivity contribution is -0.145. The number of rotatable bonds is 10. The quantitative estimate of drug-likeness (QED) is 0.529. The highest BCUT2D eigenvalue weighted by atomic mass is 16.5. The fourth-order valence-corrected chi connectivity index (χ4v) is 2.26. The smallest absolute Gasteiger partial charge is 0.327 e. The molecule has 0 fully saturated rings. The lowest BCUT2D eigenvalue weighted by atomic mass is 10.1. The Morgan fingerprint density at radius 3 is 2.27 bits per heavy atom. The van der Waals surface area contributed by atoms with Crippen molar-refractivity contribution >= 4 is 11.7 Å². The van der Waals surface area contributed by atoms with Gasteiger partial charge in [-0.2, -0.15) is 0 Å². The number of benzene rings is 1. The molecule has 0 spiro atoms. The van der Waals surface area contributed by atoms with Gasteiger partial charge >= 0.3 is 5.97 Å². The van der Waals surface area contributed by atoms with Crippen molar-refractivity contribution < 1.29 is 9.53 Å². The van der Waals surface area contributed by atoms with Crippen molar-refractivity contribution in [2.75, 3.05) is 25.6 Å². The summed E-state index contributed by atoms with van der Waals surface area (Å²) in [5.41, 5.74) is 7.83. The molecule has 0 amide bonds. The van der Waals surface area contributed by atoms with E-state index in [2.05, 4.69) is 6.92 Å². The molecule has 2 N–H and O–H groups in total. The Hall–Kier alpha value is -1.55. The van der Waals surface area contributed by atoms with Crippen LogP contribution in [0.1, 0.15) is 57.1 Å². The second-order valence-corrected chi connectivity index (χ2v) is 5.90. The standard InChI is InChI=1S/C18H30N2O2/c1-4-5-6-7-8-9-14-22-18(21)17(19)15-10-12-16(13-11-15)20(2)3/h10-13,17H,4-9,14,19H2,1-3H3/t17-/m1/s1.